The van der Waals surface area contributed by atoms with Crippen molar-refractivity contribution in [2.75, 3.05) is 5.32 Å². The highest BCUT2D eigenvalue weighted by atomic mass is 15.2. The third-order valence-electron chi connectivity index (χ3n) is 3.15. The van der Waals surface area contributed by atoms with Crippen molar-refractivity contribution < 1.29 is 4.11 Å². The SMILES string of the molecule is [2H]C([2H])([2H])n1ncc2cc(Nc3n[nH]c4cccnc34)ccc21. The summed E-state index contributed by atoms with van der Waals surface area (Å²) in [5.41, 5.74) is 2.92. The van der Waals surface area contributed by atoms with Crippen LogP contribution in [0.2, 0.25) is 0 Å². The van der Waals surface area contributed by atoms with Crippen molar-refractivity contribution in [2.45, 2.75) is 0 Å². The number of pyridine rings is 1. The highest BCUT2D eigenvalue weighted by Gasteiger charge is 2.07. The fraction of sp³-hybridized carbons (Fsp3) is 0.0714. The van der Waals surface area contributed by atoms with Gasteiger partial charge in [0.25, 0.3) is 0 Å². The molecule has 3 aromatic heterocycles. The van der Waals surface area contributed by atoms with E-state index in [9.17, 15) is 0 Å². The summed E-state index contributed by atoms with van der Waals surface area (Å²) >= 11 is 0. The van der Waals surface area contributed by atoms with Crippen LogP contribution in [0.3, 0.4) is 0 Å². The second-order valence-electron chi connectivity index (χ2n) is 4.43. The first kappa shape index (κ1) is 8.31. The lowest BCUT2D eigenvalue weighted by atomic mass is 10.2. The number of H-pyrrole nitrogens is 1. The van der Waals surface area contributed by atoms with Gasteiger partial charge in [0.05, 0.1) is 17.2 Å². The molecule has 2 N–H and O–H groups in total. The molecule has 3 heterocycles. The Morgan fingerprint density at radius 2 is 2.35 bits per heavy atom. The quantitative estimate of drug-likeness (QED) is 0.585. The van der Waals surface area contributed by atoms with Crippen LogP contribution in [-0.2, 0) is 6.98 Å². The lowest BCUT2D eigenvalue weighted by molar-refractivity contribution is 0.797. The van der Waals surface area contributed by atoms with E-state index in [0.29, 0.717) is 11.3 Å². The first-order valence-corrected chi connectivity index (χ1v) is 6.07. The second-order valence-corrected chi connectivity index (χ2v) is 4.43. The molecule has 6 nitrogen and oxygen atoms in total. The fourth-order valence-corrected chi connectivity index (χ4v) is 2.19. The van der Waals surface area contributed by atoms with Gasteiger partial charge in [-0.25, -0.2) is 0 Å². The summed E-state index contributed by atoms with van der Waals surface area (Å²) in [5.74, 6) is 0.614. The molecule has 0 fully saturated rings. The molecule has 0 radical (unpaired) electrons. The number of aryl methyl sites for hydroxylation is 1. The van der Waals surface area contributed by atoms with Gasteiger partial charge in [-0.05, 0) is 30.3 Å². The van der Waals surface area contributed by atoms with Gasteiger partial charge in [-0.2, -0.15) is 10.2 Å². The number of nitrogens with one attached hydrogen (secondary N) is 2. The van der Waals surface area contributed by atoms with Gasteiger partial charge >= 0.3 is 0 Å². The summed E-state index contributed by atoms with van der Waals surface area (Å²) in [5, 5.41) is 15.0. The first-order valence-electron chi connectivity index (χ1n) is 7.57. The van der Waals surface area contributed by atoms with Gasteiger partial charge in [0.2, 0.25) is 0 Å². The summed E-state index contributed by atoms with van der Waals surface area (Å²) in [4.78, 5) is 4.29. The number of benzene rings is 1. The minimum absolute atomic E-state index is 0.556. The summed E-state index contributed by atoms with van der Waals surface area (Å²) in [6.07, 6.45) is 3.24. The summed E-state index contributed by atoms with van der Waals surface area (Å²) in [6.45, 7) is -2.29. The monoisotopic (exact) mass is 267 g/mol. The molecule has 0 amide bonds. The highest BCUT2D eigenvalue weighted by Crippen LogP contribution is 2.24. The van der Waals surface area contributed by atoms with E-state index < -0.39 is 6.98 Å². The Kier molecular flexibility index (Phi) is 1.69. The maximum Gasteiger partial charge on any atom is 0.178 e. The molecule has 0 atom stereocenters. The van der Waals surface area contributed by atoms with Crippen LogP contribution in [0.5, 0.6) is 0 Å². The normalized spacial score (nSPS) is 14.1. The second kappa shape index (κ2) is 4.06. The van der Waals surface area contributed by atoms with Crippen molar-refractivity contribution in [3.63, 3.8) is 0 Å². The van der Waals surface area contributed by atoms with Crippen LogP contribution in [0.25, 0.3) is 21.9 Å². The lowest BCUT2D eigenvalue weighted by Crippen LogP contribution is -1.92. The molecule has 20 heavy (non-hydrogen) atoms. The van der Waals surface area contributed by atoms with E-state index in [0.717, 1.165) is 26.8 Å². The smallest absolute Gasteiger partial charge is 0.178 e. The Hall–Kier alpha value is -2.89. The van der Waals surface area contributed by atoms with E-state index in [4.69, 9.17) is 4.11 Å². The van der Waals surface area contributed by atoms with Gasteiger partial charge in [0, 0.05) is 28.4 Å². The molecule has 0 aliphatic heterocycles. The van der Waals surface area contributed by atoms with Crippen molar-refractivity contribution in [2.24, 2.45) is 6.98 Å². The summed E-state index contributed by atoms with van der Waals surface area (Å²) in [6, 6.07) is 9.06. The van der Waals surface area contributed by atoms with Gasteiger partial charge in [0.15, 0.2) is 5.82 Å². The average Bonchev–Trinajstić information content (AvgIpc) is 3.11. The number of anilines is 2. The molecule has 0 saturated heterocycles. The van der Waals surface area contributed by atoms with Gasteiger partial charge in [-0.15, -0.1) is 0 Å². The molecule has 4 rings (SSSR count). The van der Waals surface area contributed by atoms with Gasteiger partial charge in [-0.3, -0.25) is 14.8 Å². The zero-order chi connectivity index (χ0) is 16.0. The Morgan fingerprint density at radius 3 is 3.30 bits per heavy atom. The molecular formula is C14H12N6. The molecule has 0 saturated carbocycles. The molecular weight excluding hydrogens is 252 g/mol. The summed E-state index contributed by atoms with van der Waals surface area (Å²) < 4.78 is 23.4. The molecule has 0 spiro atoms. The van der Waals surface area contributed by atoms with Gasteiger partial charge in [-0.1, -0.05) is 0 Å². The Labute approximate surface area is 118 Å². The predicted molar refractivity (Wildman–Crippen MR) is 77.9 cm³/mol. The average molecular weight is 267 g/mol. The molecule has 4 aromatic rings. The molecule has 6 heteroatoms. The van der Waals surface area contributed by atoms with E-state index in [-0.39, 0.29) is 0 Å². The van der Waals surface area contributed by atoms with Crippen molar-refractivity contribution >= 4 is 33.4 Å². The zero-order valence-electron chi connectivity index (χ0n) is 13.3. The minimum Gasteiger partial charge on any atom is -0.337 e. The first-order chi connectivity index (χ1) is 11.0. The van der Waals surface area contributed by atoms with Crippen LogP contribution < -0.4 is 5.32 Å². The van der Waals surface area contributed by atoms with Crippen LogP contribution in [0, 0.1) is 0 Å². The van der Waals surface area contributed by atoms with Crippen molar-refractivity contribution in [3.05, 3.63) is 42.7 Å². The Bertz CT molecular complexity index is 1000. The highest BCUT2D eigenvalue weighted by molar-refractivity contribution is 5.89. The standard InChI is InChI=1S/C14H12N6/c1-20-12-5-4-10(7-9(12)8-16-20)17-14-13-11(18-19-14)3-2-6-15-13/h2-8H,1H3,(H2,17,18,19)/i1D3. The molecule has 0 aliphatic carbocycles. The number of nitrogens with zero attached hydrogens (tertiary/aromatic N) is 4. The number of rotatable bonds is 2. The third-order valence-corrected chi connectivity index (χ3v) is 3.15. The molecule has 98 valence electrons. The van der Waals surface area contributed by atoms with E-state index in [2.05, 4.69) is 25.6 Å². The molecule has 0 aliphatic rings. The van der Waals surface area contributed by atoms with E-state index in [1.54, 1.807) is 18.3 Å². The zero-order valence-corrected chi connectivity index (χ0v) is 10.3. The third kappa shape index (κ3) is 1.62. The lowest BCUT2D eigenvalue weighted by Gasteiger charge is -2.03. The maximum atomic E-state index is 7.47. The fourth-order valence-electron chi connectivity index (χ4n) is 2.19. The molecule has 0 bridgehead atoms. The van der Waals surface area contributed by atoms with Crippen molar-refractivity contribution in [1.82, 2.24) is 25.0 Å². The van der Waals surface area contributed by atoms with E-state index in [1.165, 1.54) is 6.20 Å². The van der Waals surface area contributed by atoms with Crippen LogP contribution >= 0.6 is 0 Å². The van der Waals surface area contributed by atoms with Crippen molar-refractivity contribution in [1.29, 1.82) is 0 Å². The van der Waals surface area contributed by atoms with Crippen molar-refractivity contribution in [3.8, 4) is 0 Å². The molecule has 0 unspecified atom stereocenters. The molecule has 1 aromatic carbocycles. The van der Waals surface area contributed by atoms with Crippen LogP contribution in [-0.4, -0.2) is 25.0 Å². The Balaban J connectivity index is 1.73. The minimum atomic E-state index is -2.29. The predicted octanol–water partition coefficient (Wildman–Crippen LogP) is 2.59. The largest absolute Gasteiger partial charge is 0.337 e. The van der Waals surface area contributed by atoms with E-state index in [1.807, 2.05) is 18.2 Å². The number of hydrogen-bond donors (Lipinski definition) is 2. The van der Waals surface area contributed by atoms with Crippen LogP contribution in [0.1, 0.15) is 4.11 Å². The van der Waals surface area contributed by atoms with Crippen LogP contribution in [0.4, 0.5) is 11.5 Å². The maximum absolute atomic E-state index is 7.47. The number of fused-ring (bicyclic) bond motifs is 2. The number of aromatic nitrogens is 5. The van der Waals surface area contributed by atoms with Gasteiger partial charge < -0.3 is 5.32 Å². The number of hydrogen-bond acceptors (Lipinski definition) is 4. The van der Waals surface area contributed by atoms with Gasteiger partial charge in [0.1, 0.15) is 5.52 Å². The van der Waals surface area contributed by atoms with Crippen LogP contribution in [0.15, 0.2) is 42.7 Å². The topological polar surface area (TPSA) is 71.4 Å². The van der Waals surface area contributed by atoms with E-state index >= 15 is 0 Å². The Morgan fingerprint density at radius 1 is 1.35 bits per heavy atom. The summed E-state index contributed by atoms with van der Waals surface area (Å²) in [7, 11) is 0. The number of aromatic amines is 1.